The Morgan fingerprint density at radius 1 is 0.867 bits per heavy atom. The summed E-state index contributed by atoms with van der Waals surface area (Å²) in [5.41, 5.74) is 0.0565. The van der Waals surface area contributed by atoms with E-state index in [0.29, 0.717) is 38.4 Å². The smallest absolute Gasteiger partial charge is 0.332 e. The lowest BCUT2D eigenvalue weighted by Crippen LogP contribution is -2.49. The molecule has 0 saturated carbocycles. The fraction of sp³-hybridized carbons (Fsp3) is 0.174. The van der Waals surface area contributed by atoms with Crippen molar-refractivity contribution >= 4 is 52.2 Å². The van der Waals surface area contributed by atoms with Crippen LogP contribution in [0.25, 0.3) is 0 Å². The van der Waals surface area contributed by atoms with Crippen molar-refractivity contribution in [3.8, 4) is 0 Å². The Morgan fingerprint density at radius 2 is 1.43 bits per heavy atom. The summed E-state index contributed by atoms with van der Waals surface area (Å²) in [6.07, 6.45) is 0.501. The maximum atomic E-state index is 13.7. The zero-order chi connectivity index (χ0) is 21.5. The number of carbonyl (C=O) groups excluding carboxylic acids is 1. The fourth-order valence-electron chi connectivity index (χ4n) is 4.01. The van der Waals surface area contributed by atoms with Gasteiger partial charge in [0.25, 0.3) is 0 Å². The number of hydrogen-bond acceptors (Lipinski definition) is 2. The van der Waals surface area contributed by atoms with E-state index in [9.17, 15) is 9.90 Å². The molecule has 1 N–H and O–H groups in total. The Hall–Kier alpha value is -2.24. The summed E-state index contributed by atoms with van der Waals surface area (Å²) in [7, 11) is 0. The number of aliphatic hydroxyl groups is 1. The average molecular weight is 462 g/mol. The number of halogens is 3. The Morgan fingerprint density at radius 3 is 1.97 bits per heavy atom. The maximum Gasteiger partial charge on any atom is 0.332 e. The number of hydrogen-bond donors (Lipinski definition) is 1. The third kappa shape index (κ3) is 3.44. The first-order valence-corrected chi connectivity index (χ1v) is 10.6. The van der Waals surface area contributed by atoms with Gasteiger partial charge >= 0.3 is 6.03 Å². The van der Waals surface area contributed by atoms with Crippen molar-refractivity contribution in [2.24, 2.45) is 0 Å². The molecule has 1 heterocycles. The molecule has 2 atom stereocenters. The third-order valence-corrected chi connectivity index (χ3v) is 6.08. The summed E-state index contributed by atoms with van der Waals surface area (Å²) in [5.74, 6) is 0. The first-order valence-electron chi connectivity index (χ1n) is 9.49. The van der Waals surface area contributed by atoms with E-state index >= 15 is 0 Å². The van der Waals surface area contributed by atoms with E-state index < -0.39 is 11.8 Å². The lowest BCUT2D eigenvalue weighted by atomic mass is 9.92. The van der Waals surface area contributed by atoms with E-state index in [-0.39, 0.29) is 6.03 Å². The molecular formula is C23H19Cl3N2O2. The molecule has 0 aromatic heterocycles. The summed E-state index contributed by atoms with van der Waals surface area (Å²) in [6.45, 7) is 1.93. The van der Waals surface area contributed by atoms with Crippen molar-refractivity contribution in [3.05, 3.63) is 93.4 Å². The second-order valence-electron chi connectivity index (χ2n) is 7.10. The summed E-state index contributed by atoms with van der Waals surface area (Å²) in [5, 5.41) is 13.7. The second kappa shape index (κ2) is 8.12. The van der Waals surface area contributed by atoms with Crippen molar-refractivity contribution in [3.63, 3.8) is 0 Å². The molecule has 3 aromatic carbocycles. The number of anilines is 2. The SMILES string of the molecule is CCC1N(c2ccc(Cl)cc2)C(=O)N(c2ccc(Cl)cc2)C1(O)c1cccc(Cl)c1. The summed E-state index contributed by atoms with van der Waals surface area (Å²) < 4.78 is 0. The molecule has 4 nitrogen and oxygen atoms in total. The van der Waals surface area contributed by atoms with Gasteiger partial charge in [0.15, 0.2) is 5.72 Å². The predicted octanol–water partition coefficient (Wildman–Crippen LogP) is 6.72. The molecule has 154 valence electrons. The molecular weight excluding hydrogens is 443 g/mol. The van der Waals surface area contributed by atoms with Crippen LogP contribution in [0.5, 0.6) is 0 Å². The van der Waals surface area contributed by atoms with Gasteiger partial charge in [-0.15, -0.1) is 0 Å². The van der Waals surface area contributed by atoms with Crippen LogP contribution in [0.3, 0.4) is 0 Å². The van der Waals surface area contributed by atoms with Gasteiger partial charge in [-0.25, -0.2) is 4.79 Å². The van der Waals surface area contributed by atoms with Gasteiger partial charge in [-0.3, -0.25) is 9.80 Å². The van der Waals surface area contributed by atoms with Crippen LogP contribution >= 0.6 is 34.8 Å². The van der Waals surface area contributed by atoms with E-state index in [1.165, 1.54) is 4.90 Å². The predicted molar refractivity (Wildman–Crippen MR) is 123 cm³/mol. The highest BCUT2D eigenvalue weighted by Gasteiger charge is 2.58. The van der Waals surface area contributed by atoms with Gasteiger partial charge in [0, 0.05) is 32.0 Å². The van der Waals surface area contributed by atoms with Crippen LogP contribution < -0.4 is 9.80 Å². The summed E-state index contributed by atoms with van der Waals surface area (Å²) in [4.78, 5) is 16.7. The Bertz CT molecular complexity index is 1070. The van der Waals surface area contributed by atoms with Crippen molar-refractivity contribution in [2.75, 3.05) is 9.80 Å². The molecule has 1 fully saturated rings. The number of carbonyl (C=O) groups is 1. The van der Waals surface area contributed by atoms with Gasteiger partial charge in [-0.1, -0.05) is 53.9 Å². The molecule has 1 aliphatic heterocycles. The molecule has 3 aromatic rings. The largest absolute Gasteiger partial charge is 0.365 e. The molecule has 2 amide bonds. The molecule has 2 unspecified atom stereocenters. The normalized spacial score (nSPS) is 21.4. The molecule has 0 radical (unpaired) electrons. The van der Waals surface area contributed by atoms with E-state index in [0.717, 1.165) is 0 Å². The van der Waals surface area contributed by atoms with E-state index in [4.69, 9.17) is 34.8 Å². The van der Waals surface area contributed by atoms with Gasteiger partial charge in [-0.05, 0) is 67.1 Å². The topological polar surface area (TPSA) is 43.8 Å². The minimum Gasteiger partial charge on any atom is -0.365 e. The minimum absolute atomic E-state index is 0.353. The molecule has 0 bridgehead atoms. The number of urea groups is 1. The van der Waals surface area contributed by atoms with Crippen molar-refractivity contribution < 1.29 is 9.90 Å². The van der Waals surface area contributed by atoms with Crippen molar-refractivity contribution in [1.29, 1.82) is 0 Å². The van der Waals surface area contributed by atoms with E-state index in [2.05, 4.69) is 0 Å². The maximum absolute atomic E-state index is 13.7. The van der Waals surface area contributed by atoms with Gasteiger partial charge in [-0.2, -0.15) is 0 Å². The van der Waals surface area contributed by atoms with Crippen LogP contribution in [0.2, 0.25) is 15.1 Å². The standard InChI is InChI=1S/C23H19Cl3N2O2/c1-2-21-23(30,15-4-3-5-18(26)14-15)28(20-12-8-17(25)9-13-20)22(29)27(21)19-10-6-16(24)7-11-19/h3-14,21,30H,2H2,1H3. The lowest BCUT2D eigenvalue weighted by Gasteiger charge is -2.37. The minimum atomic E-state index is -1.65. The number of amides is 2. The van der Waals surface area contributed by atoms with E-state index in [1.54, 1.807) is 77.7 Å². The first-order chi connectivity index (χ1) is 14.4. The van der Waals surface area contributed by atoms with Gasteiger partial charge in [0.2, 0.25) is 0 Å². The van der Waals surface area contributed by atoms with Crippen LogP contribution in [0.15, 0.2) is 72.8 Å². The lowest BCUT2D eigenvalue weighted by molar-refractivity contribution is 0.0307. The zero-order valence-corrected chi connectivity index (χ0v) is 18.4. The number of nitrogens with zero attached hydrogens (tertiary/aromatic N) is 2. The highest BCUT2D eigenvalue weighted by molar-refractivity contribution is 6.31. The van der Waals surface area contributed by atoms with Crippen LogP contribution in [0, 0.1) is 0 Å². The summed E-state index contributed by atoms with van der Waals surface area (Å²) in [6, 6.07) is 19.8. The number of rotatable bonds is 4. The van der Waals surface area contributed by atoms with Crippen LogP contribution in [0.1, 0.15) is 18.9 Å². The monoisotopic (exact) mass is 460 g/mol. The fourth-order valence-corrected chi connectivity index (χ4v) is 4.45. The second-order valence-corrected chi connectivity index (χ2v) is 8.41. The van der Waals surface area contributed by atoms with Gasteiger partial charge < -0.3 is 5.11 Å². The van der Waals surface area contributed by atoms with E-state index in [1.807, 2.05) is 6.92 Å². The Kier molecular flexibility index (Phi) is 5.69. The Balaban J connectivity index is 1.94. The third-order valence-electron chi connectivity index (χ3n) is 5.34. The Labute approximate surface area is 190 Å². The highest BCUT2D eigenvalue weighted by Crippen LogP contribution is 2.46. The molecule has 7 heteroatoms. The van der Waals surface area contributed by atoms with Crippen LogP contribution in [0.4, 0.5) is 16.2 Å². The average Bonchev–Trinajstić information content (AvgIpc) is 2.97. The van der Waals surface area contributed by atoms with Gasteiger partial charge in [0.05, 0.1) is 6.04 Å². The van der Waals surface area contributed by atoms with Crippen LogP contribution in [-0.4, -0.2) is 17.2 Å². The molecule has 4 rings (SSSR count). The van der Waals surface area contributed by atoms with Crippen molar-refractivity contribution in [1.82, 2.24) is 0 Å². The van der Waals surface area contributed by atoms with Gasteiger partial charge in [0.1, 0.15) is 0 Å². The molecule has 0 spiro atoms. The zero-order valence-electron chi connectivity index (χ0n) is 16.1. The van der Waals surface area contributed by atoms with Crippen molar-refractivity contribution in [2.45, 2.75) is 25.1 Å². The quantitative estimate of drug-likeness (QED) is 0.469. The molecule has 1 aliphatic rings. The molecule has 1 saturated heterocycles. The summed E-state index contributed by atoms with van der Waals surface area (Å²) >= 11 is 18.3. The van der Waals surface area contributed by atoms with Crippen LogP contribution in [-0.2, 0) is 5.72 Å². The molecule has 30 heavy (non-hydrogen) atoms. The number of benzene rings is 3. The highest BCUT2D eigenvalue weighted by atomic mass is 35.5. The molecule has 0 aliphatic carbocycles. The first kappa shape index (κ1) is 21.0.